The van der Waals surface area contributed by atoms with E-state index in [0.29, 0.717) is 11.4 Å². The van der Waals surface area contributed by atoms with E-state index in [1.807, 2.05) is 62.4 Å². The van der Waals surface area contributed by atoms with Gasteiger partial charge in [-0.1, -0.05) is 60.2 Å². The van der Waals surface area contributed by atoms with Gasteiger partial charge in [0, 0.05) is 11.1 Å². The van der Waals surface area contributed by atoms with Crippen LogP contribution in [0.15, 0.2) is 89.8 Å². The highest BCUT2D eigenvalue weighted by Crippen LogP contribution is 2.31. The normalized spacial score (nSPS) is 11.3. The number of carbonyl (C=O) groups is 1. The van der Waals surface area contributed by atoms with Crippen molar-refractivity contribution in [2.24, 2.45) is 0 Å². The fourth-order valence-corrected chi connectivity index (χ4v) is 5.45. The maximum Gasteiger partial charge on any atom is 0.268 e. The Balaban J connectivity index is 1.73. The van der Waals surface area contributed by atoms with E-state index in [1.54, 1.807) is 36.4 Å². The second-order valence-corrected chi connectivity index (χ2v) is 9.91. The van der Waals surface area contributed by atoms with Gasteiger partial charge in [0.05, 0.1) is 12.8 Å². The van der Waals surface area contributed by atoms with E-state index in [1.165, 1.54) is 7.11 Å². The predicted octanol–water partition coefficient (Wildman–Crippen LogP) is 5.30. The number of methoxy groups -OCH3 is 1. The third kappa shape index (κ3) is 4.75. The van der Waals surface area contributed by atoms with Crippen LogP contribution in [0.4, 0.5) is 11.4 Å². The molecule has 4 rings (SSSR count). The number of nitrogens with one attached hydrogen (secondary N) is 1. The zero-order chi connectivity index (χ0) is 24.3. The second kappa shape index (κ2) is 9.57. The first kappa shape index (κ1) is 23.3. The molecule has 0 spiro atoms. The Bertz CT molecular complexity index is 1440. The maximum absolute atomic E-state index is 13.8. The van der Waals surface area contributed by atoms with Gasteiger partial charge in [0.1, 0.15) is 17.2 Å². The molecular weight excluding hydrogens is 448 g/mol. The van der Waals surface area contributed by atoms with Crippen LogP contribution in [-0.2, 0) is 14.8 Å². The molecule has 0 unspecified atom stereocenters. The van der Waals surface area contributed by atoms with Crippen LogP contribution < -0.4 is 14.4 Å². The number of carbonyl (C=O) groups excluding carboxylic acids is 1. The summed E-state index contributed by atoms with van der Waals surface area (Å²) in [5.74, 6) is -0.232. The molecule has 0 bridgehead atoms. The van der Waals surface area contributed by atoms with E-state index >= 15 is 0 Å². The van der Waals surface area contributed by atoms with Crippen molar-refractivity contribution >= 4 is 38.1 Å². The third-order valence-corrected chi connectivity index (χ3v) is 7.36. The van der Waals surface area contributed by atoms with Crippen LogP contribution in [0.25, 0.3) is 10.8 Å². The van der Waals surface area contributed by atoms with Gasteiger partial charge in [-0.05, 0) is 55.1 Å². The SMILES string of the molecule is COc1ccc(C)cc1S(=O)(=O)N(CC(=O)Nc1cccc2ccccc12)c1ccc(C)cc1. The molecule has 34 heavy (non-hydrogen) atoms. The number of hydrogen-bond acceptors (Lipinski definition) is 4. The number of aryl methyl sites for hydroxylation is 2. The number of nitrogens with zero attached hydrogens (tertiary/aromatic N) is 1. The summed E-state index contributed by atoms with van der Waals surface area (Å²) in [6, 6.07) is 25.3. The summed E-state index contributed by atoms with van der Waals surface area (Å²) >= 11 is 0. The molecule has 0 fully saturated rings. The summed E-state index contributed by atoms with van der Waals surface area (Å²) in [7, 11) is -2.69. The minimum atomic E-state index is -4.11. The molecule has 0 aliphatic rings. The van der Waals surface area contributed by atoms with Crippen molar-refractivity contribution in [3.8, 4) is 5.75 Å². The number of benzene rings is 4. The van der Waals surface area contributed by atoms with Gasteiger partial charge in [-0.2, -0.15) is 0 Å². The van der Waals surface area contributed by atoms with Crippen molar-refractivity contribution in [1.29, 1.82) is 0 Å². The van der Waals surface area contributed by atoms with E-state index in [2.05, 4.69) is 5.32 Å². The summed E-state index contributed by atoms with van der Waals surface area (Å²) in [6.45, 7) is 3.33. The number of amides is 1. The van der Waals surface area contributed by atoms with Crippen molar-refractivity contribution in [3.63, 3.8) is 0 Å². The minimum Gasteiger partial charge on any atom is -0.495 e. The molecule has 0 aliphatic heterocycles. The van der Waals surface area contributed by atoms with E-state index in [0.717, 1.165) is 26.2 Å². The van der Waals surface area contributed by atoms with Gasteiger partial charge in [-0.15, -0.1) is 0 Å². The topological polar surface area (TPSA) is 75.7 Å². The van der Waals surface area contributed by atoms with Gasteiger partial charge in [0.2, 0.25) is 5.91 Å². The lowest BCUT2D eigenvalue weighted by atomic mass is 10.1. The summed E-state index contributed by atoms with van der Waals surface area (Å²) in [5, 5.41) is 4.74. The summed E-state index contributed by atoms with van der Waals surface area (Å²) < 4.78 is 34.1. The number of sulfonamides is 1. The van der Waals surface area contributed by atoms with Crippen molar-refractivity contribution in [3.05, 3.63) is 96.1 Å². The summed E-state index contributed by atoms with van der Waals surface area (Å²) in [6.07, 6.45) is 0. The second-order valence-electron chi connectivity index (χ2n) is 8.08. The first-order valence-corrected chi connectivity index (χ1v) is 12.3. The molecule has 0 atom stereocenters. The lowest BCUT2D eigenvalue weighted by Gasteiger charge is -2.25. The average Bonchev–Trinajstić information content (AvgIpc) is 2.83. The van der Waals surface area contributed by atoms with Crippen molar-refractivity contribution in [1.82, 2.24) is 0 Å². The zero-order valence-corrected chi connectivity index (χ0v) is 20.1. The molecule has 0 aromatic heterocycles. The lowest BCUT2D eigenvalue weighted by Crippen LogP contribution is -2.38. The number of anilines is 2. The average molecular weight is 475 g/mol. The Morgan fingerprint density at radius 3 is 2.29 bits per heavy atom. The van der Waals surface area contributed by atoms with E-state index in [4.69, 9.17) is 4.74 Å². The molecule has 174 valence electrons. The molecular formula is C27H26N2O4S. The van der Waals surface area contributed by atoms with Crippen molar-refractivity contribution in [2.75, 3.05) is 23.3 Å². The highest BCUT2D eigenvalue weighted by molar-refractivity contribution is 7.93. The maximum atomic E-state index is 13.8. The lowest BCUT2D eigenvalue weighted by molar-refractivity contribution is -0.114. The Kier molecular flexibility index (Phi) is 6.56. The monoisotopic (exact) mass is 474 g/mol. The van der Waals surface area contributed by atoms with Crippen LogP contribution in [0.1, 0.15) is 11.1 Å². The summed E-state index contributed by atoms with van der Waals surface area (Å²) in [4.78, 5) is 13.2. The van der Waals surface area contributed by atoms with Crippen LogP contribution in [0.5, 0.6) is 5.75 Å². The van der Waals surface area contributed by atoms with E-state index in [-0.39, 0.29) is 10.6 Å². The summed E-state index contributed by atoms with van der Waals surface area (Å²) in [5.41, 5.74) is 2.76. The molecule has 1 amide bonds. The fourth-order valence-electron chi connectivity index (χ4n) is 3.78. The van der Waals surface area contributed by atoms with Gasteiger partial charge in [-0.3, -0.25) is 9.10 Å². The van der Waals surface area contributed by atoms with Gasteiger partial charge in [0.15, 0.2) is 0 Å². The van der Waals surface area contributed by atoms with E-state index < -0.39 is 22.5 Å². The predicted molar refractivity (Wildman–Crippen MR) is 136 cm³/mol. The number of ether oxygens (including phenoxy) is 1. The standard InChI is InChI=1S/C27H26N2O4S/c1-19-11-14-22(15-12-19)29(34(31,32)26-17-20(2)13-16-25(26)33-3)18-27(30)28-24-10-6-8-21-7-4-5-9-23(21)24/h4-17H,18H2,1-3H3,(H,28,30). The van der Waals surface area contributed by atoms with Crippen LogP contribution in [-0.4, -0.2) is 28.0 Å². The zero-order valence-electron chi connectivity index (χ0n) is 19.3. The molecule has 4 aromatic rings. The highest BCUT2D eigenvalue weighted by atomic mass is 32.2. The number of rotatable bonds is 7. The van der Waals surface area contributed by atoms with Gasteiger partial charge >= 0.3 is 0 Å². The molecule has 0 radical (unpaired) electrons. The molecule has 0 saturated carbocycles. The number of hydrogen-bond donors (Lipinski definition) is 1. The Morgan fingerprint density at radius 2 is 1.56 bits per heavy atom. The Morgan fingerprint density at radius 1 is 0.882 bits per heavy atom. The van der Waals surface area contributed by atoms with Crippen LogP contribution in [0.2, 0.25) is 0 Å². The molecule has 0 aliphatic carbocycles. The molecule has 6 nitrogen and oxygen atoms in total. The minimum absolute atomic E-state index is 0.00790. The van der Waals surface area contributed by atoms with Crippen molar-refractivity contribution in [2.45, 2.75) is 18.7 Å². The van der Waals surface area contributed by atoms with Gasteiger partial charge in [0.25, 0.3) is 10.0 Å². The molecule has 4 aromatic carbocycles. The Hall–Kier alpha value is -3.84. The van der Waals surface area contributed by atoms with Crippen molar-refractivity contribution < 1.29 is 17.9 Å². The van der Waals surface area contributed by atoms with Crippen LogP contribution in [0, 0.1) is 13.8 Å². The Labute approximate surface area is 199 Å². The van der Waals surface area contributed by atoms with Crippen LogP contribution in [0.3, 0.4) is 0 Å². The smallest absolute Gasteiger partial charge is 0.268 e. The molecule has 1 N–H and O–H groups in total. The van der Waals surface area contributed by atoms with E-state index in [9.17, 15) is 13.2 Å². The first-order valence-electron chi connectivity index (χ1n) is 10.8. The largest absolute Gasteiger partial charge is 0.495 e. The quantitative estimate of drug-likeness (QED) is 0.394. The number of fused-ring (bicyclic) bond motifs is 1. The third-order valence-electron chi connectivity index (χ3n) is 5.56. The molecule has 0 heterocycles. The molecule has 0 saturated heterocycles. The van der Waals surface area contributed by atoms with Gasteiger partial charge in [-0.25, -0.2) is 8.42 Å². The molecule has 7 heteroatoms. The highest BCUT2D eigenvalue weighted by Gasteiger charge is 2.30. The first-order chi connectivity index (χ1) is 16.3. The van der Waals surface area contributed by atoms with Gasteiger partial charge < -0.3 is 10.1 Å². The van der Waals surface area contributed by atoms with Crippen LogP contribution >= 0.6 is 0 Å². The fraction of sp³-hybridized carbons (Fsp3) is 0.148.